The summed E-state index contributed by atoms with van der Waals surface area (Å²) in [7, 11) is 1.94. The molecule has 0 saturated carbocycles. The molecule has 0 amide bonds. The normalized spacial score (nSPS) is 11.8. The molecule has 0 atom stereocenters. The third-order valence-corrected chi connectivity index (χ3v) is 2.86. The smallest absolute Gasteiger partial charge is 0.159 e. The number of ketones is 1. The van der Waals surface area contributed by atoms with Gasteiger partial charge in [0.15, 0.2) is 5.78 Å². The first-order chi connectivity index (χ1) is 9.23. The van der Waals surface area contributed by atoms with Crippen LogP contribution in [0.5, 0.6) is 5.75 Å². The summed E-state index contributed by atoms with van der Waals surface area (Å²) in [5, 5.41) is 9.85. The van der Waals surface area contributed by atoms with Crippen LogP contribution in [0.2, 0.25) is 0 Å². The van der Waals surface area contributed by atoms with E-state index >= 15 is 0 Å². The SMILES string of the molecule is CCOc1ccc(C(C)=O)cc1CN(C)CC(C)(C)O. The van der Waals surface area contributed by atoms with Crippen LogP contribution in [0.4, 0.5) is 0 Å². The number of ether oxygens (including phenoxy) is 1. The van der Waals surface area contributed by atoms with Crippen molar-refractivity contribution < 1.29 is 14.6 Å². The lowest BCUT2D eigenvalue weighted by Crippen LogP contribution is -2.35. The van der Waals surface area contributed by atoms with Gasteiger partial charge in [0.05, 0.1) is 12.2 Å². The molecule has 0 bridgehead atoms. The average molecular weight is 279 g/mol. The second kappa shape index (κ2) is 6.86. The highest BCUT2D eigenvalue weighted by molar-refractivity contribution is 5.94. The molecule has 0 spiro atoms. The molecule has 1 N–H and O–H groups in total. The van der Waals surface area contributed by atoms with E-state index in [-0.39, 0.29) is 5.78 Å². The predicted octanol–water partition coefficient (Wildman–Crippen LogP) is 2.49. The lowest BCUT2D eigenvalue weighted by atomic mass is 10.1. The van der Waals surface area contributed by atoms with Crippen molar-refractivity contribution in [1.82, 2.24) is 4.90 Å². The molecule has 0 heterocycles. The van der Waals surface area contributed by atoms with Crippen molar-refractivity contribution in [2.75, 3.05) is 20.2 Å². The summed E-state index contributed by atoms with van der Waals surface area (Å²) in [6.45, 7) is 8.80. The molecule has 0 unspecified atom stereocenters. The third-order valence-electron chi connectivity index (χ3n) is 2.86. The van der Waals surface area contributed by atoms with Crippen LogP contribution >= 0.6 is 0 Å². The van der Waals surface area contributed by atoms with E-state index in [1.807, 2.05) is 31.0 Å². The van der Waals surface area contributed by atoms with Gasteiger partial charge in [-0.25, -0.2) is 0 Å². The number of Topliss-reactive ketones (excluding diaryl/α,β-unsaturated/α-hetero) is 1. The van der Waals surface area contributed by atoms with Crippen LogP contribution in [0, 0.1) is 0 Å². The number of carbonyl (C=O) groups is 1. The van der Waals surface area contributed by atoms with Crippen LogP contribution in [0.1, 0.15) is 43.6 Å². The van der Waals surface area contributed by atoms with Gasteiger partial charge in [0.2, 0.25) is 0 Å². The van der Waals surface area contributed by atoms with Gasteiger partial charge >= 0.3 is 0 Å². The number of rotatable bonds is 7. The predicted molar refractivity (Wildman–Crippen MR) is 80.2 cm³/mol. The third kappa shape index (κ3) is 5.31. The number of carbonyl (C=O) groups excluding carboxylic acids is 1. The maximum Gasteiger partial charge on any atom is 0.159 e. The molecule has 0 radical (unpaired) electrons. The lowest BCUT2D eigenvalue weighted by molar-refractivity contribution is 0.0422. The van der Waals surface area contributed by atoms with Gasteiger partial charge in [-0.2, -0.15) is 0 Å². The second-order valence-electron chi connectivity index (χ2n) is 5.80. The van der Waals surface area contributed by atoms with Crippen LogP contribution in [0.3, 0.4) is 0 Å². The Morgan fingerprint density at radius 1 is 1.40 bits per heavy atom. The topological polar surface area (TPSA) is 49.8 Å². The number of nitrogens with zero attached hydrogens (tertiary/aromatic N) is 1. The van der Waals surface area contributed by atoms with Crippen molar-refractivity contribution in [3.8, 4) is 5.75 Å². The van der Waals surface area contributed by atoms with E-state index in [1.165, 1.54) is 0 Å². The minimum absolute atomic E-state index is 0.0411. The summed E-state index contributed by atoms with van der Waals surface area (Å²) < 4.78 is 5.60. The van der Waals surface area contributed by atoms with E-state index in [9.17, 15) is 9.90 Å². The number of benzene rings is 1. The first-order valence-electron chi connectivity index (χ1n) is 6.90. The summed E-state index contributed by atoms with van der Waals surface area (Å²) in [5.41, 5.74) is 0.894. The van der Waals surface area contributed by atoms with E-state index in [0.717, 1.165) is 11.3 Å². The molecule has 1 aromatic carbocycles. The van der Waals surface area contributed by atoms with E-state index in [2.05, 4.69) is 0 Å². The summed E-state index contributed by atoms with van der Waals surface area (Å²) >= 11 is 0. The van der Waals surface area contributed by atoms with Gasteiger partial charge in [-0.15, -0.1) is 0 Å². The fourth-order valence-electron chi connectivity index (χ4n) is 2.23. The molecule has 1 rings (SSSR count). The summed E-state index contributed by atoms with van der Waals surface area (Å²) in [6.07, 6.45) is 0. The van der Waals surface area contributed by atoms with Crippen molar-refractivity contribution in [3.05, 3.63) is 29.3 Å². The molecule has 20 heavy (non-hydrogen) atoms. The van der Waals surface area contributed by atoms with Gasteiger partial charge in [0, 0.05) is 24.2 Å². The van der Waals surface area contributed by atoms with E-state index in [0.29, 0.717) is 25.3 Å². The lowest BCUT2D eigenvalue weighted by Gasteiger charge is -2.26. The molecule has 1 aromatic rings. The fraction of sp³-hybridized carbons (Fsp3) is 0.562. The molecule has 0 saturated heterocycles. The summed E-state index contributed by atoms with van der Waals surface area (Å²) in [4.78, 5) is 13.5. The number of aliphatic hydroxyl groups is 1. The monoisotopic (exact) mass is 279 g/mol. The molecule has 0 aliphatic rings. The van der Waals surface area contributed by atoms with Gasteiger partial charge in [0.1, 0.15) is 5.75 Å². The Morgan fingerprint density at radius 2 is 2.05 bits per heavy atom. The van der Waals surface area contributed by atoms with E-state index in [4.69, 9.17) is 4.74 Å². The molecular weight excluding hydrogens is 254 g/mol. The molecule has 112 valence electrons. The van der Waals surface area contributed by atoms with Crippen molar-refractivity contribution in [3.63, 3.8) is 0 Å². The molecule has 0 aliphatic carbocycles. The molecule has 0 aliphatic heterocycles. The Labute approximate surface area is 121 Å². The highest BCUT2D eigenvalue weighted by Gasteiger charge is 2.17. The van der Waals surface area contributed by atoms with Gasteiger partial charge < -0.3 is 9.84 Å². The standard InChI is InChI=1S/C16H25NO3/c1-6-20-15-8-7-13(12(2)18)9-14(15)10-17(5)11-16(3,4)19/h7-9,19H,6,10-11H2,1-5H3. The quantitative estimate of drug-likeness (QED) is 0.779. The minimum atomic E-state index is -0.751. The van der Waals surface area contributed by atoms with Crippen LogP contribution in [-0.2, 0) is 6.54 Å². The fourth-order valence-corrected chi connectivity index (χ4v) is 2.23. The molecule has 0 fully saturated rings. The van der Waals surface area contributed by atoms with Crippen molar-refractivity contribution in [2.24, 2.45) is 0 Å². The molecular formula is C16H25NO3. The summed E-state index contributed by atoms with van der Waals surface area (Å²) in [6, 6.07) is 5.49. The average Bonchev–Trinajstić information content (AvgIpc) is 2.28. The molecule has 0 aromatic heterocycles. The number of hydrogen-bond donors (Lipinski definition) is 1. The first kappa shape index (κ1) is 16.7. The van der Waals surface area contributed by atoms with Crippen molar-refractivity contribution in [2.45, 2.75) is 39.8 Å². The maximum absolute atomic E-state index is 11.5. The summed E-state index contributed by atoms with van der Waals surface area (Å²) in [5.74, 6) is 0.833. The Kier molecular flexibility index (Phi) is 5.72. The van der Waals surface area contributed by atoms with E-state index < -0.39 is 5.60 Å². The highest BCUT2D eigenvalue weighted by Crippen LogP contribution is 2.22. The van der Waals surface area contributed by atoms with Crippen LogP contribution in [0.15, 0.2) is 18.2 Å². The van der Waals surface area contributed by atoms with Crippen LogP contribution in [-0.4, -0.2) is 41.6 Å². The zero-order valence-electron chi connectivity index (χ0n) is 13.1. The molecule has 4 heteroatoms. The maximum atomic E-state index is 11.5. The molecule has 4 nitrogen and oxygen atoms in total. The minimum Gasteiger partial charge on any atom is -0.494 e. The number of hydrogen-bond acceptors (Lipinski definition) is 4. The van der Waals surface area contributed by atoms with Crippen molar-refractivity contribution in [1.29, 1.82) is 0 Å². The first-order valence-corrected chi connectivity index (χ1v) is 6.90. The zero-order valence-corrected chi connectivity index (χ0v) is 13.1. The zero-order chi connectivity index (χ0) is 15.3. The largest absolute Gasteiger partial charge is 0.494 e. The van der Waals surface area contributed by atoms with Gasteiger partial charge in [-0.3, -0.25) is 9.69 Å². The van der Waals surface area contributed by atoms with Crippen LogP contribution < -0.4 is 4.74 Å². The van der Waals surface area contributed by atoms with Gasteiger partial charge in [0.25, 0.3) is 0 Å². The number of likely N-dealkylation sites (N-methyl/N-ethyl adjacent to an activating group) is 1. The van der Waals surface area contributed by atoms with Crippen LogP contribution in [0.25, 0.3) is 0 Å². The van der Waals surface area contributed by atoms with E-state index in [1.54, 1.807) is 26.8 Å². The second-order valence-corrected chi connectivity index (χ2v) is 5.80. The van der Waals surface area contributed by atoms with Crippen molar-refractivity contribution >= 4 is 5.78 Å². The highest BCUT2D eigenvalue weighted by atomic mass is 16.5. The Morgan fingerprint density at radius 3 is 2.55 bits per heavy atom. The Bertz CT molecular complexity index is 463. The van der Waals surface area contributed by atoms with Gasteiger partial charge in [-0.05, 0) is 52.9 Å². The van der Waals surface area contributed by atoms with Gasteiger partial charge in [-0.1, -0.05) is 0 Å². The Balaban J connectivity index is 2.94. The Hall–Kier alpha value is -1.39.